The van der Waals surface area contributed by atoms with Crippen molar-refractivity contribution in [3.8, 4) is 0 Å². The molecule has 1 aromatic heterocycles. The summed E-state index contributed by atoms with van der Waals surface area (Å²) in [7, 11) is 0. The summed E-state index contributed by atoms with van der Waals surface area (Å²) in [6, 6.07) is 3.32. The van der Waals surface area contributed by atoms with Crippen molar-refractivity contribution in [3.05, 3.63) is 21.9 Å². The molecule has 0 aliphatic carbocycles. The molecule has 0 atom stereocenters. The summed E-state index contributed by atoms with van der Waals surface area (Å²) >= 11 is 10.1. The van der Waals surface area contributed by atoms with Crippen LogP contribution >= 0.6 is 23.8 Å². The standard InChI is InChI=1S/C4H3ClN2S.Na/c5-3-1-2-4(8)7-6-3;/h1-2H,(H,7,8);. The minimum absolute atomic E-state index is 0. The molecule has 1 N–H and O–H groups in total. The van der Waals surface area contributed by atoms with Crippen LogP contribution in [-0.2, 0) is 0 Å². The van der Waals surface area contributed by atoms with E-state index in [-0.39, 0.29) is 29.6 Å². The predicted octanol–water partition coefficient (Wildman–Crippen LogP) is 1.41. The molecule has 0 saturated carbocycles. The van der Waals surface area contributed by atoms with Crippen LogP contribution in [0.25, 0.3) is 0 Å². The topological polar surface area (TPSA) is 28.7 Å². The molecule has 0 aliphatic heterocycles. The number of hydrogen-bond donors (Lipinski definition) is 1. The van der Waals surface area contributed by atoms with Gasteiger partial charge >= 0.3 is 0 Å². The molecule has 0 unspecified atom stereocenters. The number of aromatic nitrogens is 2. The number of rotatable bonds is 0. The van der Waals surface area contributed by atoms with Crippen molar-refractivity contribution in [1.29, 1.82) is 0 Å². The van der Waals surface area contributed by atoms with Gasteiger partial charge < -0.3 is 0 Å². The molecule has 0 aromatic carbocycles. The number of nitrogens with zero attached hydrogens (tertiary/aromatic N) is 1. The van der Waals surface area contributed by atoms with Crippen molar-refractivity contribution in [3.63, 3.8) is 0 Å². The first-order valence-electron chi connectivity index (χ1n) is 2.00. The van der Waals surface area contributed by atoms with E-state index >= 15 is 0 Å². The van der Waals surface area contributed by atoms with Crippen LogP contribution in [0.3, 0.4) is 0 Å². The van der Waals surface area contributed by atoms with Crippen molar-refractivity contribution in [1.82, 2.24) is 10.2 Å². The van der Waals surface area contributed by atoms with Crippen LogP contribution < -0.4 is 0 Å². The van der Waals surface area contributed by atoms with Gasteiger partial charge in [-0.25, -0.2) is 0 Å². The first kappa shape index (κ1) is 9.59. The van der Waals surface area contributed by atoms with Crippen molar-refractivity contribution in [2.45, 2.75) is 0 Å². The van der Waals surface area contributed by atoms with E-state index in [0.717, 1.165) is 0 Å². The van der Waals surface area contributed by atoms with Gasteiger partial charge in [-0.2, -0.15) is 5.10 Å². The zero-order valence-electron chi connectivity index (χ0n) is 4.89. The Morgan fingerprint density at radius 3 is 2.56 bits per heavy atom. The van der Waals surface area contributed by atoms with Gasteiger partial charge in [0.15, 0.2) is 0 Å². The maximum Gasteiger partial charge on any atom is 0.149 e. The van der Waals surface area contributed by atoms with Crippen LogP contribution in [0, 0.1) is 4.64 Å². The Kier molecular flexibility index (Phi) is 4.70. The fourth-order valence-corrected chi connectivity index (χ4v) is 0.546. The summed E-state index contributed by atoms with van der Waals surface area (Å²) in [5.74, 6) is 0. The zero-order chi connectivity index (χ0) is 5.98. The molecular weight excluding hydrogens is 167 g/mol. The quantitative estimate of drug-likeness (QED) is 0.470. The number of aromatic amines is 1. The molecule has 0 bridgehead atoms. The van der Waals surface area contributed by atoms with Crippen LogP contribution in [0.2, 0.25) is 5.15 Å². The largest absolute Gasteiger partial charge is 0.266 e. The van der Waals surface area contributed by atoms with E-state index in [1.54, 1.807) is 12.1 Å². The van der Waals surface area contributed by atoms with Crippen molar-refractivity contribution in [2.75, 3.05) is 0 Å². The maximum atomic E-state index is 5.42. The van der Waals surface area contributed by atoms with E-state index in [1.807, 2.05) is 0 Å². The third kappa shape index (κ3) is 3.33. The Morgan fingerprint density at radius 1 is 1.56 bits per heavy atom. The van der Waals surface area contributed by atoms with Crippen LogP contribution in [0.5, 0.6) is 0 Å². The smallest absolute Gasteiger partial charge is 0.149 e. The molecule has 43 valence electrons. The molecule has 1 heterocycles. The summed E-state index contributed by atoms with van der Waals surface area (Å²) < 4.78 is 0.592. The Morgan fingerprint density at radius 2 is 2.22 bits per heavy atom. The van der Waals surface area contributed by atoms with Crippen LogP contribution in [0.1, 0.15) is 0 Å². The monoisotopic (exact) mass is 169 g/mol. The van der Waals surface area contributed by atoms with Crippen molar-refractivity contribution < 1.29 is 0 Å². The van der Waals surface area contributed by atoms with Gasteiger partial charge in [0.25, 0.3) is 0 Å². The molecule has 1 rings (SSSR count). The third-order valence-electron chi connectivity index (χ3n) is 0.645. The minimum atomic E-state index is 0. The van der Waals surface area contributed by atoms with Gasteiger partial charge in [0, 0.05) is 29.6 Å². The second-order valence-electron chi connectivity index (χ2n) is 1.24. The molecule has 9 heavy (non-hydrogen) atoms. The molecule has 0 fully saturated rings. The fourth-order valence-electron chi connectivity index (χ4n) is 0.327. The normalized spacial score (nSPS) is 8.11. The number of halogens is 1. The van der Waals surface area contributed by atoms with E-state index in [1.165, 1.54) is 0 Å². The zero-order valence-corrected chi connectivity index (χ0v) is 8.46. The van der Waals surface area contributed by atoms with Crippen molar-refractivity contribution in [2.24, 2.45) is 0 Å². The SMILES string of the molecule is S=c1ccc(Cl)n[nH]1.[Na]. The first-order valence-corrected chi connectivity index (χ1v) is 2.79. The second kappa shape index (κ2) is 4.41. The third-order valence-corrected chi connectivity index (χ3v) is 1.08. The van der Waals surface area contributed by atoms with Gasteiger partial charge in [0.1, 0.15) is 9.79 Å². The molecule has 0 spiro atoms. The van der Waals surface area contributed by atoms with Gasteiger partial charge in [0.05, 0.1) is 0 Å². The summed E-state index contributed by atoms with van der Waals surface area (Å²) in [6.45, 7) is 0. The van der Waals surface area contributed by atoms with Crippen LogP contribution in [0.4, 0.5) is 0 Å². The second-order valence-corrected chi connectivity index (χ2v) is 2.07. The molecule has 2 nitrogen and oxygen atoms in total. The molecule has 1 radical (unpaired) electrons. The van der Waals surface area contributed by atoms with E-state index in [0.29, 0.717) is 9.79 Å². The van der Waals surface area contributed by atoms with E-state index in [9.17, 15) is 0 Å². The number of nitrogens with one attached hydrogen (secondary N) is 1. The predicted molar refractivity (Wildman–Crippen MR) is 40.2 cm³/mol. The van der Waals surface area contributed by atoms with Gasteiger partial charge in [-0.3, -0.25) is 5.10 Å². The van der Waals surface area contributed by atoms with E-state index in [2.05, 4.69) is 10.2 Å². The van der Waals surface area contributed by atoms with Gasteiger partial charge in [-0.15, -0.1) is 0 Å². The molecule has 1 aromatic rings. The Balaban J connectivity index is 0.000000640. The summed E-state index contributed by atoms with van der Waals surface area (Å²) in [6.07, 6.45) is 0. The van der Waals surface area contributed by atoms with Gasteiger partial charge in [-0.05, 0) is 12.1 Å². The first-order chi connectivity index (χ1) is 3.79. The number of hydrogen-bond acceptors (Lipinski definition) is 2. The van der Waals surface area contributed by atoms with E-state index in [4.69, 9.17) is 23.8 Å². The number of H-pyrrole nitrogens is 1. The minimum Gasteiger partial charge on any atom is -0.266 e. The summed E-state index contributed by atoms with van der Waals surface area (Å²) in [4.78, 5) is 0. The maximum absolute atomic E-state index is 5.42. The summed E-state index contributed by atoms with van der Waals surface area (Å²) in [5, 5.41) is 6.58. The Bertz CT molecular complexity index is 216. The molecular formula is C4H3ClN2NaS. The fraction of sp³-hybridized carbons (Fsp3) is 0. The summed E-state index contributed by atoms with van der Waals surface area (Å²) in [5.41, 5.74) is 0. The molecule has 0 saturated heterocycles. The molecule has 0 amide bonds. The van der Waals surface area contributed by atoms with Crippen molar-refractivity contribution >= 4 is 53.4 Å². The van der Waals surface area contributed by atoms with Gasteiger partial charge in [0.2, 0.25) is 0 Å². The molecule has 5 heteroatoms. The van der Waals surface area contributed by atoms with Crippen LogP contribution in [0.15, 0.2) is 12.1 Å². The molecule has 0 aliphatic rings. The Labute approximate surface area is 84.9 Å². The average molecular weight is 170 g/mol. The van der Waals surface area contributed by atoms with Crippen LogP contribution in [-0.4, -0.2) is 39.8 Å². The van der Waals surface area contributed by atoms with E-state index < -0.39 is 0 Å². The van der Waals surface area contributed by atoms with Gasteiger partial charge in [-0.1, -0.05) is 23.8 Å². The average Bonchev–Trinajstić information content (AvgIpc) is 1.77. The Hall–Kier alpha value is 0.590.